The summed E-state index contributed by atoms with van der Waals surface area (Å²) in [4.78, 5) is 9.77. The maximum absolute atomic E-state index is 4.27. The first-order valence-electron chi connectivity index (χ1n) is 4.82. The molecule has 0 bridgehead atoms. The lowest BCUT2D eigenvalue weighted by atomic mass is 10.2. The van der Waals surface area contributed by atoms with Crippen molar-refractivity contribution in [3.05, 3.63) is 12.4 Å². The van der Waals surface area contributed by atoms with Crippen LogP contribution in [0.3, 0.4) is 0 Å². The smallest absolute Gasteiger partial charge is 0.203 e. The van der Waals surface area contributed by atoms with Gasteiger partial charge < -0.3 is 15.2 Å². The molecule has 1 aromatic rings. The molecule has 1 aliphatic heterocycles. The van der Waals surface area contributed by atoms with Gasteiger partial charge in [0.05, 0.1) is 0 Å². The number of likely N-dealkylation sites (N-methyl/N-ethyl adjacent to an activating group) is 1. The molecule has 2 rings (SSSR count). The number of H-pyrrole nitrogens is 1. The fourth-order valence-electron chi connectivity index (χ4n) is 1.98. The second-order valence-corrected chi connectivity index (χ2v) is 3.46. The van der Waals surface area contributed by atoms with Crippen molar-refractivity contribution in [1.29, 1.82) is 0 Å². The summed E-state index contributed by atoms with van der Waals surface area (Å²) in [6.07, 6.45) is 6.22. The third kappa shape index (κ3) is 1.67. The number of rotatable bonds is 3. The van der Waals surface area contributed by atoms with Gasteiger partial charge in [-0.25, -0.2) is 4.98 Å². The number of nitrogens with one attached hydrogen (secondary N) is 2. The number of nitrogens with zero attached hydrogens (tertiary/aromatic N) is 2. The minimum atomic E-state index is 0.608. The van der Waals surface area contributed by atoms with Crippen LogP contribution in [0.15, 0.2) is 12.4 Å². The van der Waals surface area contributed by atoms with Crippen LogP contribution in [0.4, 0.5) is 5.95 Å². The molecule has 4 nitrogen and oxygen atoms in total. The van der Waals surface area contributed by atoms with E-state index in [9.17, 15) is 0 Å². The Kier molecular flexibility index (Phi) is 2.49. The molecule has 2 N–H and O–H groups in total. The Morgan fingerprint density at radius 2 is 2.69 bits per heavy atom. The molecule has 72 valence electrons. The van der Waals surface area contributed by atoms with E-state index in [-0.39, 0.29) is 0 Å². The summed E-state index contributed by atoms with van der Waals surface area (Å²) in [6.45, 7) is 2.17. The Morgan fingerprint density at radius 3 is 3.38 bits per heavy atom. The van der Waals surface area contributed by atoms with E-state index in [4.69, 9.17) is 0 Å². The third-order valence-corrected chi connectivity index (χ3v) is 2.57. The van der Waals surface area contributed by atoms with E-state index in [1.807, 2.05) is 19.4 Å². The van der Waals surface area contributed by atoms with Crippen LogP contribution in [0.5, 0.6) is 0 Å². The van der Waals surface area contributed by atoms with E-state index < -0.39 is 0 Å². The van der Waals surface area contributed by atoms with Crippen molar-refractivity contribution >= 4 is 5.95 Å². The molecule has 1 atom stereocenters. The molecule has 0 saturated carbocycles. The molecule has 1 saturated heterocycles. The molecular formula is C9H16N4. The lowest BCUT2D eigenvalue weighted by Crippen LogP contribution is -2.37. The van der Waals surface area contributed by atoms with Gasteiger partial charge in [-0.3, -0.25) is 0 Å². The maximum atomic E-state index is 4.27. The molecule has 1 unspecified atom stereocenters. The molecule has 0 aromatic carbocycles. The SMILES string of the molecule is CNCC1CCCN1c1ncc[nH]1. The Bertz CT molecular complexity index is 244. The van der Waals surface area contributed by atoms with Crippen molar-refractivity contribution in [2.45, 2.75) is 18.9 Å². The van der Waals surface area contributed by atoms with Crippen LogP contribution in [0, 0.1) is 0 Å². The van der Waals surface area contributed by atoms with Crippen molar-refractivity contribution in [3.63, 3.8) is 0 Å². The quantitative estimate of drug-likeness (QED) is 0.716. The van der Waals surface area contributed by atoms with Gasteiger partial charge in [0, 0.05) is 31.5 Å². The summed E-state index contributed by atoms with van der Waals surface area (Å²) >= 11 is 0. The zero-order chi connectivity index (χ0) is 9.10. The Balaban J connectivity index is 2.05. The normalized spacial score (nSPS) is 22.5. The summed E-state index contributed by atoms with van der Waals surface area (Å²) in [5, 5.41) is 3.22. The van der Waals surface area contributed by atoms with Crippen molar-refractivity contribution in [2.75, 3.05) is 25.0 Å². The minimum absolute atomic E-state index is 0.608. The van der Waals surface area contributed by atoms with Gasteiger partial charge in [-0.15, -0.1) is 0 Å². The Hall–Kier alpha value is -1.03. The van der Waals surface area contributed by atoms with Gasteiger partial charge >= 0.3 is 0 Å². The van der Waals surface area contributed by atoms with E-state index in [0.29, 0.717) is 6.04 Å². The molecule has 0 spiro atoms. The monoisotopic (exact) mass is 180 g/mol. The van der Waals surface area contributed by atoms with E-state index in [1.165, 1.54) is 12.8 Å². The third-order valence-electron chi connectivity index (χ3n) is 2.57. The zero-order valence-corrected chi connectivity index (χ0v) is 7.95. The number of aromatic nitrogens is 2. The van der Waals surface area contributed by atoms with Crippen molar-refractivity contribution < 1.29 is 0 Å². The van der Waals surface area contributed by atoms with Gasteiger partial charge in [0.2, 0.25) is 5.95 Å². The first-order chi connectivity index (χ1) is 6.42. The summed E-state index contributed by atoms with van der Waals surface area (Å²) in [7, 11) is 2.00. The molecule has 1 aliphatic rings. The predicted molar refractivity (Wildman–Crippen MR) is 52.9 cm³/mol. The van der Waals surface area contributed by atoms with E-state index in [0.717, 1.165) is 19.0 Å². The first-order valence-corrected chi connectivity index (χ1v) is 4.82. The van der Waals surface area contributed by atoms with Crippen LogP contribution in [0.2, 0.25) is 0 Å². The second kappa shape index (κ2) is 3.79. The largest absolute Gasteiger partial charge is 0.338 e. The van der Waals surface area contributed by atoms with Gasteiger partial charge in [0.25, 0.3) is 0 Å². The van der Waals surface area contributed by atoms with Gasteiger partial charge in [0.1, 0.15) is 0 Å². The van der Waals surface area contributed by atoms with Crippen LogP contribution >= 0.6 is 0 Å². The molecule has 0 aliphatic carbocycles. The Labute approximate surface area is 78.4 Å². The molecule has 1 fully saturated rings. The van der Waals surface area contributed by atoms with Crippen LogP contribution < -0.4 is 10.2 Å². The maximum Gasteiger partial charge on any atom is 0.203 e. The predicted octanol–water partition coefficient (Wildman–Crippen LogP) is 0.598. The van der Waals surface area contributed by atoms with Crippen LogP contribution in [0.25, 0.3) is 0 Å². The number of hydrogen-bond donors (Lipinski definition) is 2. The number of imidazole rings is 1. The molecule has 0 amide bonds. The molecule has 1 aromatic heterocycles. The summed E-state index contributed by atoms with van der Waals surface area (Å²) in [5.74, 6) is 1.01. The number of hydrogen-bond acceptors (Lipinski definition) is 3. The van der Waals surface area contributed by atoms with Crippen molar-refractivity contribution in [3.8, 4) is 0 Å². The summed E-state index contributed by atoms with van der Waals surface area (Å²) < 4.78 is 0. The van der Waals surface area contributed by atoms with Gasteiger partial charge in [0.15, 0.2) is 0 Å². The highest BCUT2D eigenvalue weighted by Gasteiger charge is 2.25. The van der Waals surface area contributed by atoms with Gasteiger partial charge in [-0.2, -0.15) is 0 Å². The van der Waals surface area contributed by atoms with Crippen LogP contribution in [0.1, 0.15) is 12.8 Å². The van der Waals surface area contributed by atoms with E-state index in [1.54, 1.807) is 0 Å². The number of anilines is 1. The second-order valence-electron chi connectivity index (χ2n) is 3.46. The molecule has 2 heterocycles. The highest BCUT2D eigenvalue weighted by molar-refractivity contribution is 5.32. The average molecular weight is 180 g/mol. The zero-order valence-electron chi connectivity index (χ0n) is 7.95. The van der Waals surface area contributed by atoms with Crippen LogP contribution in [-0.2, 0) is 0 Å². The molecule has 13 heavy (non-hydrogen) atoms. The van der Waals surface area contributed by atoms with Crippen molar-refractivity contribution in [1.82, 2.24) is 15.3 Å². The van der Waals surface area contributed by atoms with Crippen LogP contribution in [-0.4, -0.2) is 36.1 Å². The fourth-order valence-corrected chi connectivity index (χ4v) is 1.98. The van der Waals surface area contributed by atoms with E-state index in [2.05, 4.69) is 20.2 Å². The minimum Gasteiger partial charge on any atom is -0.338 e. The fraction of sp³-hybridized carbons (Fsp3) is 0.667. The van der Waals surface area contributed by atoms with Crippen molar-refractivity contribution in [2.24, 2.45) is 0 Å². The summed E-state index contributed by atoms with van der Waals surface area (Å²) in [5.41, 5.74) is 0. The Morgan fingerprint density at radius 1 is 1.77 bits per heavy atom. The first kappa shape index (κ1) is 8.56. The topological polar surface area (TPSA) is 44.0 Å². The molecular weight excluding hydrogens is 164 g/mol. The lowest BCUT2D eigenvalue weighted by Gasteiger charge is -2.23. The highest BCUT2D eigenvalue weighted by atomic mass is 15.3. The molecule has 0 radical (unpaired) electrons. The highest BCUT2D eigenvalue weighted by Crippen LogP contribution is 2.21. The standard InChI is InChI=1S/C9H16N4/c1-10-7-8-3-2-6-13(8)9-11-4-5-12-9/h4-5,8,10H,2-3,6-7H2,1H3,(H,11,12). The number of aromatic amines is 1. The lowest BCUT2D eigenvalue weighted by molar-refractivity contribution is 0.609. The molecule has 4 heteroatoms. The van der Waals surface area contributed by atoms with Gasteiger partial charge in [-0.1, -0.05) is 0 Å². The van der Waals surface area contributed by atoms with E-state index >= 15 is 0 Å². The average Bonchev–Trinajstić information content (AvgIpc) is 2.71. The summed E-state index contributed by atoms with van der Waals surface area (Å²) in [6, 6.07) is 0.608. The van der Waals surface area contributed by atoms with Gasteiger partial charge in [-0.05, 0) is 19.9 Å².